The van der Waals surface area contributed by atoms with E-state index in [-0.39, 0.29) is 11.9 Å². The van der Waals surface area contributed by atoms with E-state index >= 15 is 0 Å². The normalized spacial score (nSPS) is 18.4. The lowest BCUT2D eigenvalue weighted by Gasteiger charge is -2.23. The number of fused-ring (bicyclic) bond motifs is 1. The molecule has 1 aromatic carbocycles. The average molecular weight is 330 g/mol. The number of hydrogen-bond donors (Lipinski definition) is 1. The van der Waals surface area contributed by atoms with E-state index in [4.69, 9.17) is 27.9 Å². The molecule has 0 bridgehead atoms. The lowest BCUT2D eigenvalue weighted by atomic mass is 9.98. The van der Waals surface area contributed by atoms with Gasteiger partial charge in [0.2, 0.25) is 0 Å². The van der Waals surface area contributed by atoms with Crippen LogP contribution in [-0.4, -0.2) is 18.1 Å². The van der Waals surface area contributed by atoms with Crippen molar-refractivity contribution in [3.05, 3.63) is 28.3 Å². The first-order chi connectivity index (χ1) is 9.81. The first kappa shape index (κ1) is 16.4. The Balaban J connectivity index is 2.16. The maximum atomic E-state index is 12.2. The van der Waals surface area contributed by atoms with Gasteiger partial charge in [-0.25, -0.2) is 0 Å². The zero-order valence-corrected chi connectivity index (χ0v) is 14.1. The van der Waals surface area contributed by atoms with Crippen LogP contribution in [0.1, 0.15) is 38.3 Å². The molecule has 1 unspecified atom stereocenters. The molecule has 21 heavy (non-hydrogen) atoms. The lowest BCUT2D eigenvalue weighted by molar-refractivity contribution is -0.159. The molecule has 0 saturated heterocycles. The summed E-state index contributed by atoms with van der Waals surface area (Å²) in [5, 5.41) is 4.01. The van der Waals surface area contributed by atoms with Gasteiger partial charge in [0.15, 0.2) is 0 Å². The number of rotatable bonds is 2. The van der Waals surface area contributed by atoms with Crippen LogP contribution in [0.15, 0.2) is 12.1 Å². The highest BCUT2D eigenvalue weighted by Crippen LogP contribution is 2.33. The third-order valence-electron chi connectivity index (χ3n) is 3.53. The molecule has 1 N–H and O–H groups in total. The predicted molar refractivity (Wildman–Crippen MR) is 87.2 cm³/mol. The number of nitrogens with one attached hydrogen (secondary N) is 1. The molecule has 0 amide bonds. The van der Waals surface area contributed by atoms with Crippen molar-refractivity contribution >= 4 is 34.9 Å². The minimum absolute atomic E-state index is 0.152. The highest BCUT2D eigenvalue weighted by atomic mass is 35.5. The highest BCUT2D eigenvalue weighted by Gasteiger charge is 2.28. The standard InChI is InChI=1S/C16H21Cl2NO2/c1-16(2,3)21-15(20)10-4-5-11-12(8-17)13(18)6-7-14(11)19-9-10/h6-7,10,19H,4-5,8-9H2,1-3H3. The maximum absolute atomic E-state index is 12.2. The smallest absolute Gasteiger partial charge is 0.311 e. The van der Waals surface area contributed by atoms with Crippen LogP contribution in [0.4, 0.5) is 5.69 Å². The molecule has 0 saturated carbocycles. The number of halogens is 2. The van der Waals surface area contributed by atoms with Gasteiger partial charge in [-0.1, -0.05) is 11.6 Å². The second-order valence-corrected chi connectivity index (χ2v) is 7.01. The van der Waals surface area contributed by atoms with Crippen LogP contribution in [-0.2, 0) is 21.8 Å². The summed E-state index contributed by atoms with van der Waals surface area (Å²) in [5.74, 6) is 0.0701. The van der Waals surface area contributed by atoms with E-state index in [1.54, 1.807) is 0 Å². The Morgan fingerprint density at radius 1 is 1.43 bits per heavy atom. The summed E-state index contributed by atoms with van der Waals surface area (Å²) in [4.78, 5) is 12.2. The summed E-state index contributed by atoms with van der Waals surface area (Å²) < 4.78 is 5.48. The number of benzene rings is 1. The molecule has 0 fully saturated rings. The molecule has 0 radical (unpaired) electrons. The zero-order chi connectivity index (χ0) is 15.6. The van der Waals surface area contributed by atoms with Crippen molar-refractivity contribution in [3.63, 3.8) is 0 Å². The minimum Gasteiger partial charge on any atom is -0.460 e. The van der Waals surface area contributed by atoms with Crippen molar-refractivity contribution in [3.8, 4) is 0 Å². The molecule has 1 atom stereocenters. The van der Waals surface area contributed by atoms with Gasteiger partial charge in [-0.05, 0) is 56.9 Å². The fourth-order valence-electron chi connectivity index (χ4n) is 2.50. The Hall–Kier alpha value is -0.930. The van der Waals surface area contributed by atoms with E-state index < -0.39 is 5.60 Å². The molecule has 0 aromatic heterocycles. The van der Waals surface area contributed by atoms with Gasteiger partial charge < -0.3 is 10.1 Å². The summed E-state index contributed by atoms with van der Waals surface area (Å²) in [7, 11) is 0. The highest BCUT2D eigenvalue weighted by molar-refractivity contribution is 6.32. The molecule has 5 heteroatoms. The zero-order valence-electron chi connectivity index (χ0n) is 12.6. The van der Waals surface area contributed by atoms with E-state index in [0.717, 1.165) is 29.7 Å². The first-order valence-corrected chi connectivity index (χ1v) is 8.06. The van der Waals surface area contributed by atoms with Crippen LogP contribution in [0.25, 0.3) is 0 Å². The van der Waals surface area contributed by atoms with E-state index in [1.807, 2.05) is 32.9 Å². The summed E-state index contributed by atoms with van der Waals surface area (Å²) in [6, 6.07) is 3.80. The van der Waals surface area contributed by atoms with Crippen LogP contribution in [0.5, 0.6) is 0 Å². The predicted octanol–water partition coefficient (Wildman–Crippen LogP) is 4.39. The quantitative estimate of drug-likeness (QED) is 0.645. The van der Waals surface area contributed by atoms with Crippen molar-refractivity contribution in [2.75, 3.05) is 11.9 Å². The number of carbonyl (C=O) groups excluding carboxylic acids is 1. The summed E-state index contributed by atoms with van der Waals surface area (Å²) >= 11 is 12.2. The maximum Gasteiger partial charge on any atom is 0.311 e. The first-order valence-electron chi connectivity index (χ1n) is 7.15. The Morgan fingerprint density at radius 3 is 2.76 bits per heavy atom. The third kappa shape index (κ3) is 4.04. The monoisotopic (exact) mass is 329 g/mol. The molecule has 1 aliphatic heterocycles. The van der Waals surface area contributed by atoms with Crippen molar-refractivity contribution in [2.45, 2.75) is 45.1 Å². The average Bonchev–Trinajstić information content (AvgIpc) is 2.59. The van der Waals surface area contributed by atoms with E-state index in [0.29, 0.717) is 17.4 Å². The molecular weight excluding hydrogens is 309 g/mol. The second kappa shape index (κ2) is 6.45. The fourth-order valence-corrected chi connectivity index (χ4v) is 3.12. The summed E-state index contributed by atoms with van der Waals surface area (Å²) in [6.07, 6.45) is 1.51. The van der Waals surface area contributed by atoms with Gasteiger partial charge in [-0.3, -0.25) is 4.79 Å². The second-order valence-electron chi connectivity index (χ2n) is 6.34. The SMILES string of the molecule is CC(C)(C)OC(=O)C1CCc2c(ccc(Cl)c2CCl)NC1. The Bertz CT molecular complexity index is 538. The van der Waals surface area contributed by atoms with Crippen molar-refractivity contribution in [1.82, 2.24) is 0 Å². The molecule has 1 aromatic rings. The molecule has 2 rings (SSSR count). The third-order valence-corrected chi connectivity index (χ3v) is 4.15. The van der Waals surface area contributed by atoms with E-state index in [9.17, 15) is 4.79 Å². The lowest BCUT2D eigenvalue weighted by Crippen LogP contribution is -2.31. The van der Waals surface area contributed by atoms with Crippen LogP contribution in [0, 0.1) is 5.92 Å². The van der Waals surface area contributed by atoms with Crippen LogP contribution in [0.3, 0.4) is 0 Å². The van der Waals surface area contributed by atoms with Gasteiger partial charge in [0.25, 0.3) is 0 Å². The van der Waals surface area contributed by atoms with Gasteiger partial charge in [0, 0.05) is 23.1 Å². The van der Waals surface area contributed by atoms with E-state index in [1.165, 1.54) is 0 Å². The number of hydrogen-bond acceptors (Lipinski definition) is 3. The van der Waals surface area contributed by atoms with Gasteiger partial charge in [-0.15, -0.1) is 11.6 Å². The van der Waals surface area contributed by atoms with Crippen molar-refractivity contribution in [2.24, 2.45) is 5.92 Å². The number of esters is 1. The number of anilines is 1. The van der Waals surface area contributed by atoms with Crippen LogP contribution in [0.2, 0.25) is 5.02 Å². The molecule has 116 valence electrons. The van der Waals surface area contributed by atoms with Crippen LogP contribution < -0.4 is 5.32 Å². The molecule has 1 aliphatic rings. The van der Waals surface area contributed by atoms with Crippen LogP contribution >= 0.6 is 23.2 Å². The number of carbonyl (C=O) groups is 1. The molecule has 1 heterocycles. The minimum atomic E-state index is -0.457. The summed E-state index contributed by atoms with van der Waals surface area (Å²) in [5.41, 5.74) is 2.62. The number of ether oxygens (including phenoxy) is 1. The molecular formula is C16H21Cl2NO2. The van der Waals surface area contributed by atoms with Crippen molar-refractivity contribution in [1.29, 1.82) is 0 Å². The fraction of sp³-hybridized carbons (Fsp3) is 0.562. The molecule has 3 nitrogen and oxygen atoms in total. The van der Waals surface area contributed by atoms with Gasteiger partial charge in [-0.2, -0.15) is 0 Å². The van der Waals surface area contributed by atoms with Gasteiger partial charge in [0.05, 0.1) is 5.92 Å². The summed E-state index contributed by atoms with van der Waals surface area (Å²) in [6.45, 7) is 6.23. The Morgan fingerprint density at radius 2 is 2.14 bits per heavy atom. The molecule has 0 aliphatic carbocycles. The Labute approximate surface area is 136 Å². The Kier molecular flexibility index (Phi) is 5.05. The largest absolute Gasteiger partial charge is 0.460 e. The van der Waals surface area contributed by atoms with Crippen molar-refractivity contribution < 1.29 is 9.53 Å². The van der Waals surface area contributed by atoms with Gasteiger partial charge >= 0.3 is 5.97 Å². The molecule has 0 spiro atoms. The topological polar surface area (TPSA) is 38.3 Å². The van der Waals surface area contributed by atoms with Gasteiger partial charge in [0.1, 0.15) is 5.60 Å². The van der Waals surface area contributed by atoms with E-state index in [2.05, 4.69) is 5.32 Å². The number of alkyl halides is 1.